The fourth-order valence-corrected chi connectivity index (χ4v) is 2.89. The molecular weight excluding hydrogens is 350 g/mol. The minimum atomic E-state index is -0.957. The second-order valence-corrected chi connectivity index (χ2v) is 5.72. The second-order valence-electron chi connectivity index (χ2n) is 5.32. The topological polar surface area (TPSA) is 132 Å². The molecule has 0 bridgehead atoms. The van der Waals surface area contributed by atoms with Crippen LogP contribution in [-0.4, -0.2) is 4.92 Å². The molecule has 2 aromatic rings. The Labute approximate surface area is 145 Å². The lowest BCUT2D eigenvalue weighted by molar-refractivity contribution is -0.384. The van der Waals surface area contributed by atoms with Crippen molar-refractivity contribution in [1.82, 2.24) is 0 Å². The van der Waals surface area contributed by atoms with Crippen LogP contribution >= 0.6 is 11.6 Å². The maximum absolute atomic E-state index is 12.3. The number of nitriles is 1. The largest absolute Gasteiger partial charge is 0.440 e. The fourth-order valence-electron chi connectivity index (χ4n) is 2.70. The zero-order valence-corrected chi connectivity index (χ0v) is 13.5. The van der Waals surface area contributed by atoms with E-state index in [1.54, 1.807) is 6.92 Å². The number of nitrogens with zero attached hydrogens (tertiary/aromatic N) is 2. The van der Waals surface area contributed by atoms with E-state index >= 15 is 0 Å². The van der Waals surface area contributed by atoms with Crippen LogP contribution in [0.25, 0.3) is 0 Å². The lowest BCUT2D eigenvalue weighted by Crippen LogP contribution is -2.26. The number of hydrogen-bond acceptors (Lipinski definition) is 7. The lowest BCUT2D eigenvalue weighted by Gasteiger charge is -2.25. The maximum Gasteiger partial charge on any atom is 0.343 e. The number of hydrogen-bond donors (Lipinski definition) is 1. The van der Waals surface area contributed by atoms with Crippen molar-refractivity contribution >= 4 is 17.3 Å². The quantitative estimate of drug-likeness (QED) is 0.643. The first-order valence-corrected chi connectivity index (χ1v) is 7.37. The van der Waals surface area contributed by atoms with Crippen molar-refractivity contribution in [2.75, 3.05) is 0 Å². The normalized spacial score (nSPS) is 16.0. The third kappa shape index (κ3) is 2.70. The summed E-state index contributed by atoms with van der Waals surface area (Å²) in [6.07, 6.45) is 0. The summed E-state index contributed by atoms with van der Waals surface area (Å²) in [6, 6.07) is 7.37. The molecule has 1 aromatic carbocycles. The minimum Gasteiger partial charge on any atom is -0.440 e. The van der Waals surface area contributed by atoms with Gasteiger partial charge >= 0.3 is 5.63 Å². The van der Waals surface area contributed by atoms with E-state index in [-0.39, 0.29) is 33.5 Å². The first kappa shape index (κ1) is 16.5. The van der Waals surface area contributed by atoms with E-state index in [4.69, 9.17) is 26.5 Å². The molecule has 0 spiro atoms. The number of allylic oxidation sites excluding steroid dienone is 1. The van der Waals surface area contributed by atoms with Gasteiger partial charge in [0.25, 0.3) is 5.69 Å². The summed E-state index contributed by atoms with van der Waals surface area (Å²) in [5.41, 5.74) is 5.05. The highest BCUT2D eigenvalue weighted by Crippen LogP contribution is 2.42. The van der Waals surface area contributed by atoms with Crippen LogP contribution in [0.1, 0.15) is 22.8 Å². The summed E-state index contributed by atoms with van der Waals surface area (Å²) in [4.78, 5) is 22.8. The van der Waals surface area contributed by atoms with E-state index in [1.807, 2.05) is 6.07 Å². The molecule has 8 nitrogen and oxygen atoms in total. The third-order valence-electron chi connectivity index (χ3n) is 3.76. The highest BCUT2D eigenvalue weighted by molar-refractivity contribution is 6.32. The third-order valence-corrected chi connectivity index (χ3v) is 4.08. The van der Waals surface area contributed by atoms with Crippen molar-refractivity contribution in [2.45, 2.75) is 12.8 Å². The van der Waals surface area contributed by atoms with Gasteiger partial charge in [-0.05, 0) is 18.6 Å². The van der Waals surface area contributed by atoms with E-state index in [1.165, 1.54) is 24.3 Å². The van der Waals surface area contributed by atoms with Crippen LogP contribution < -0.4 is 16.1 Å². The molecular formula is C16H10ClN3O5. The zero-order chi connectivity index (χ0) is 18.3. The molecule has 126 valence electrons. The summed E-state index contributed by atoms with van der Waals surface area (Å²) >= 11 is 5.83. The molecule has 0 radical (unpaired) electrons. The molecule has 9 heteroatoms. The number of nitro groups is 1. The van der Waals surface area contributed by atoms with Crippen LogP contribution in [0, 0.1) is 28.4 Å². The zero-order valence-electron chi connectivity index (χ0n) is 12.8. The Morgan fingerprint density at radius 2 is 2.12 bits per heavy atom. The van der Waals surface area contributed by atoms with E-state index in [9.17, 15) is 20.2 Å². The molecule has 1 aromatic heterocycles. The smallest absolute Gasteiger partial charge is 0.343 e. The van der Waals surface area contributed by atoms with Crippen LogP contribution in [0.5, 0.6) is 5.75 Å². The van der Waals surface area contributed by atoms with Gasteiger partial charge in [-0.25, -0.2) is 4.79 Å². The Morgan fingerprint density at radius 1 is 1.40 bits per heavy atom. The molecule has 25 heavy (non-hydrogen) atoms. The molecule has 2 N–H and O–H groups in total. The molecule has 2 heterocycles. The molecule has 0 amide bonds. The van der Waals surface area contributed by atoms with E-state index in [0.29, 0.717) is 11.3 Å². The van der Waals surface area contributed by atoms with Gasteiger partial charge in [0, 0.05) is 12.1 Å². The first-order valence-electron chi connectivity index (χ1n) is 6.99. The Morgan fingerprint density at radius 3 is 2.76 bits per heavy atom. The van der Waals surface area contributed by atoms with E-state index < -0.39 is 16.5 Å². The summed E-state index contributed by atoms with van der Waals surface area (Å²) in [5, 5.41) is 20.5. The van der Waals surface area contributed by atoms with Crippen LogP contribution in [0.15, 0.2) is 44.9 Å². The Balaban J connectivity index is 2.32. The number of aryl methyl sites for hydroxylation is 1. The van der Waals surface area contributed by atoms with Gasteiger partial charge in [0.05, 0.1) is 16.4 Å². The predicted molar refractivity (Wildman–Crippen MR) is 87.1 cm³/mol. The standard InChI is InChI=1S/C16H10ClN3O5/c1-7-4-12-14(16(21)24-7)13(9(6-18)15(19)25-12)8-2-3-10(17)11(5-8)20(22)23/h2-5,13H,19H2,1H3/t13-/m1/s1. The average molecular weight is 360 g/mol. The second kappa shape index (κ2) is 5.96. The number of benzene rings is 1. The number of nitro benzene ring substituents is 1. The summed E-state index contributed by atoms with van der Waals surface area (Å²) < 4.78 is 10.5. The van der Waals surface area contributed by atoms with E-state index in [2.05, 4.69) is 0 Å². The molecule has 0 saturated heterocycles. The van der Waals surface area contributed by atoms with Gasteiger partial charge in [-0.2, -0.15) is 5.26 Å². The van der Waals surface area contributed by atoms with Crippen molar-refractivity contribution in [3.05, 3.63) is 78.2 Å². The van der Waals surface area contributed by atoms with Gasteiger partial charge in [0.1, 0.15) is 28.2 Å². The number of fused-ring (bicyclic) bond motifs is 1. The molecule has 1 atom stereocenters. The molecule has 3 rings (SSSR count). The molecule has 0 fully saturated rings. The predicted octanol–water partition coefficient (Wildman–Crippen LogP) is 2.73. The number of halogens is 1. The van der Waals surface area contributed by atoms with Gasteiger partial charge in [0.15, 0.2) is 0 Å². The van der Waals surface area contributed by atoms with Crippen LogP contribution in [-0.2, 0) is 0 Å². The SMILES string of the molecule is Cc1cc2c(c(=O)o1)[C@H](c1ccc(Cl)c([N+](=O)[O-])c1)C(C#N)=C(N)O2. The number of ether oxygens (including phenoxy) is 1. The van der Waals surface area contributed by atoms with Gasteiger partial charge in [-0.3, -0.25) is 10.1 Å². The van der Waals surface area contributed by atoms with E-state index in [0.717, 1.165) is 0 Å². The van der Waals surface area contributed by atoms with Crippen LogP contribution in [0.4, 0.5) is 5.69 Å². The van der Waals surface area contributed by atoms with Crippen molar-refractivity contribution in [1.29, 1.82) is 5.26 Å². The Hall–Kier alpha value is -3.31. The fraction of sp³-hybridized carbons (Fsp3) is 0.125. The average Bonchev–Trinajstić information content (AvgIpc) is 2.53. The van der Waals surface area contributed by atoms with Crippen LogP contribution in [0.3, 0.4) is 0 Å². The Kier molecular flexibility index (Phi) is 3.94. The van der Waals surface area contributed by atoms with Gasteiger partial charge in [-0.15, -0.1) is 0 Å². The molecule has 1 aliphatic rings. The van der Waals surface area contributed by atoms with Crippen LogP contribution in [0.2, 0.25) is 5.02 Å². The van der Waals surface area contributed by atoms with Gasteiger partial charge in [-0.1, -0.05) is 17.7 Å². The summed E-state index contributed by atoms with van der Waals surface area (Å²) in [6.45, 7) is 1.56. The molecule has 1 aliphatic heterocycles. The highest BCUT2D eigenvalue weighted by atomic mass is 35.5. The molecule has 0 saturated carbocycles. The monoisotopic (exact) mass is 359 g/mol. The van der Waals surface area contributed by atoms with Crippen molar-refractivity contribution in [3.8, 4) is 11.8 Å². The number of nitrogens with two attached hydrogens (primary N) is 1. The lowest BCUT2D eigenvalue weighted by atomic mass is 9.84. The number of rotatable bonds is 2. The van der Waals surface area contributed by atoms with Crippen molar-refractivity contribution in [3.63, 3.8) is 0 Å². The minimum absolute atomic E-state index is 0.0414. The molecule has 0 aliphatic carbocycles. The van der Waals surface area contributed by atoms with Crippen molar-refractivity contribution in [2.24, 2.45) is 5.73 Å². The summed E-state index contributed by atoms with van der Waals surface area (Å²) in [7, 11) is 0. The maximum atomic E-state index is 12.3. The van der Waals surface area contributed by atoms with Crippen molar-refractivity contribution < 1.29 is 14.1 Å². The Bertz CT molecular complexity index is 1040. The molecule has 0 unspecified atom stereocenters. The highest BCUT2D eigenvalue weighted by Gasteiger charge is 2.35. The first-order chi connectivity index (χ1) is 11.8. The summed E-state index contributed by atoms with van der Waals surface area (Å²) in [5.74, 6) is -0.685. The van der Waals surface area contributed by atoms with Gasteiger partial charge < -0.3 is 14.9 Å². The van der Waals surface area contributed by atoms with Gasteiger partial charge in [0.2, 0.25) is 5.88 Å².